The topological polar surface area (TPSA) is 50.4 Å². The third-order valence-corrected chi connectivity index (χ3v) is 5.51. The van der Waals surface area contributed by atoms with Crippen molar-refractivity contribution in [2.45, 2.75) is 32.6 Å². The Morgan fingerprint density at radius 3 is 3.04 bits per heavy atom. The molecule has 5 nitrogen and oxygen atoms in total. The molecule has 136 valence electrons. The summed E-state index contributed by atoms with van der Waals surface area (Å²) in [4.78, 5) is 14.9. The van der Waals surface area contributed by atoms with E-state index in [1.54, 1.807) is 17.6 Å². The standard InChI is InChI=1S/C20H23N3O2S/c24-20(21-10-19-4-2-7-25-19)9-17-12-22(11-16-5-8-26-15-16)14-18-3-1-6-23(18)13-17/h1-8,15,17H,9-14H2,(H,21,24). The number of hydrogen-bond acceptors (Lipinski definition) is 4. The Bertz CT molecular complexity index is 823. The molecule has 3 aromatic heterocycles. The molecule has 1 aliphatic heterocycles. The van der Waals surface area contributed by atoms with Crippen LogP contribution >= 0.6 is 11.3 Å². The number of carbonyl (C=O) groups excluding carboxylic acids is 1. The van der Waals surface area contributed by atoms with Crippen LogP contribution in [0, 0.1) is 5.92 Å². The number of aromatic nitrogens is 1. The number of thiophene rings is 1. The molecule has 0 radical (unpaired) electrons. The fourth-order valence-electron chi connectivity index (χ4n) is 3.59. The first kappa shape index (κ1) is 17.1. The highest BCUT2D eigenvalue weighted by Gasteiger charge is 2.23. The Balaban J connectivity index is 1.40. The minimum atomic E-state index is 0.0810. The number of amides is 1. The average Bonchev–Trinajstić information content (AvgIpc) is 3.36. The monoisotopic (exact) mass is 369 g/mol. The summed E-state index contributed by atoms with van der Waals surface area (Å²) < 4.78 is 7.57. The molecule has 4 heterocycles. The van der Waals surface area contributed by atoms with E-state index < -0.39 is 0 Å². The fraction of sp³-hybridized carbons (Fsp3) is 0.350. The van der Waals surface area contributed by atoms with Gasteiger partial charge in [-0.15, -0.1) is 0 Å². The first-order valence-corrected chi connectivity index (χ1v) is 9.87. The molecule has 3 aromatic rings. The van der Waals surface area contributed by atoms with Gasteiger partial charge in [0.1, 0.15) is 5.76 Å². The van der Waals surface area contributed by atoms with Crippen molar-refractivity contribution in [1.82, 2.24) is 14.8 Å². The molecule has 0 spiro atoms. The number of nitrogens with one attached hydrogen (secondary N) is 1. The van der Waals surface area contributed by atoms with Gasteiger partial charge < -0.3 is 14.3 Å². The summed E-state index contributed by atoms with van der Waals surface area (Å²) in [5.41, 5.74) is 2.66. The van der Waals surface area contributed by atoms with Gasteiger partial charge >= 0.3 is 0 Å². The lowest BCUT2D eigenvalue weighted by molar-refractivity contribution is -0.122. The summed E-state index contributed by atoms with van der Waals surface area (Å²) in [5, 5.41) is 7.30. The summed E-state index contributed by atoms with van der Waals surface area (Å²) in [6, 6.07) is 10.2. The number of hydrogen-bond donors (Lipinski definition) is 1. The largest absolute Gasteiger partial charge is 0.467 e. The Hall–Kier alpha value is -2.31. The number of furan rings is 1. The van der Waals surface area contributed by atoms with Gasteiger partial charge in [-0.05, 0) is 52.6 Å². The van der Waals surface area contributed by atoms with E-state index in [2.05, 4.69) is 49.9 Å². The Labute approximate surface area is 157 Å². The molecular formula is C20H23N3O2S. The van der Waals surface area contributed by atoms with E-state index in [-0.39, 0.29) is 5.91 Å². The molecule has 1 amide bonds. The second-order valence-corrected chi connectivity index (χ2v) is 7.66. The lowest BCUT2D eigenvalue weighted by Crippen LogP contribution is -2.32. The van der Waals surface area contributed by atoms with Crippen LogP contribution in [0.15, 0.2) is 58.0 Å². The predicted octanol–water partition coefficient (Wildman–Crippen LogP) is 3.48. The van der Waals surface area contributed by atoms with Gasteiger partial charge in [0.25, 0.3) is 0 Å². The van der Waals surface area contributed by atoms with Crippen LogP contribution in [0.25, 0.3) is 0 Å². The van der Waals surface area contributed by atoms with E-state index in [0.717, 1.165) is 31.9 Å². The third kappa shape index (κ3) is 4.26. The average molecular weight is 369 g/mol. The Morgan fingerprint density at radius 1 is 1.27 bits per heavy atom. The van der Waals surface area contributed by atoms with E-state index in [1.165, 1.54) is 11.3 Å². The number of nitrogens with zero attached hydrogens (tertiary/aromatic N) is 2. The molecule has 1 atom stereocenters. The van der Waals surface area contributed by atoms with Crippen LogP contribution in [0.2, 0.25) is 0 Å². The SMILES string of the molecule is O=C(CC1CN(Cc2ccsc2)Cc2cccn2C1)NCc1ccco1. The molecule has 0 saturated heterocycles. The molecule has 0 bridgehead atoms. The summed E-state index contributed by atoms with van der Waals surface area (Å²) in [5.74, 6) is 1.15. The molecule has 0 saturated carbocycles. The van der Waals surface area contributed by atoms with Crippen molar-refractivity contribution in [3.05, 3.63) is 70.6 Å². The normalized spacial score (nSPS) is 17.6. The maximum atomic E-state index is 12.4. The van der Waals surface area contributed by atoms with Crippen molar-refractivity contribution in [1.29, 1.82) is 0 Å². The van der Waals surface area contributed by atoms with Gasteiger partial charge in [0.2, 0.25) is 5.91 Å². The van der Waals surface area contributed by atoms with Gasteiger partial charge in [-0.3, -0.25) is 9.69 Å². The molecule has 4 rings (SSSR count). The van der Waals surface area contributed by atoms with Gasteiger partial charge in [-0.1, -0.05) is 0 Å². The Morgan fingerprint density at radius 2 is 2.23 bits per heavy atom. The zero-order valence-corrected chi connectivity index (χ0v) is 15.5. The van der Waals surface area contributed by atoms with Crippen LogP contribution in [-0.4, -0.2) is 21.9 Å². The van der Waals surface area contributed by atoms with Crippen LogP contribution in [-0.2, 0) is 31.0 Å². The summed E-state index contributed by atoms with van der Waals surface area (Å²) in [6.07, 6.45) is 4.28. The number of carbonyl (C=O) groups is 1. The first-order valence-electron chi connectivity index (χ1n) is 8.93. The van der Waals surface area contributed by atoms with E-state index in [0.29, 0.717) is 18.9 Å². The lowest BCUT2D eigenvalue weighted by atomic mass is 10.0. The van der Waals surface area contributed by atoms with E-state index in [1.807, 2.05) is 12.1 Å². The number of rotatable bonds is 6. The molecule has 1 N–H and O–H groups in total. The van der Waals surface area contributed by atoms with Crippen molar-refractivity contribution in [2.75, 3.05) is 6.54 Å². The maximum absolute atomic E-state index is 12.4. The second-order valence-electron chi connectivity index (χ2n) is 6.88. The minimum absolute atomic E-state index is 0.0810. The molecule has 0 fully saturated rings. The molecule has 1 aliphatic rings. The van der Waals surface area contributed by atoms with Crippen molar-refractivity contribution in [3.8, 4) is 0 Å². The van der Waals surface area contributed by atoms with Crippen LogP contribution in [0.5, 0.6) is 0 Å². The molecular weight excluding hydrogens is 346 g/mol. The Kier molecular flexibility index (Phi) is 5.22. The van der Waals surface area contributed by atoms with Gasteiger partial charge in [0, 0.05) is 44.5 Å². The highest BCUT2D eigenvalue weighted by molar-refractivity contribution is 7.07. The second kappa shape index (κ2) is 7.93. The summed E-state index contributed by atoms with van der Waals surface area (Å²) in [7, 11) is 0. The van der Waals surface area contributed by atoms with Crippen molar-refractivity contribution in [3.63, 3.8) is 0 Å². The highest BCUT2D eigenvalue weighted by atomic mass is 32.1. The van der Waals surface area contributed by atoms with Crippen LogP contribution in [0.1, 0.15) is 23.4 Å². The molecule has 26 heavy (non-hydrogen) atoms. The van der Waals surface area contributed by atoms with E-state index in [9.17, 15) is 4.79 Å². The zero-order chi connectivity index (χ0) is 17.8. The van der Waals surface area contributed by atoms with Crippen LogP contribution in [0.3, 0.4) is 0 Å². The third-order valence-electron chi connectivity index (χ3n) is 4.78. The smallest absolute Gasteiger partial charge is 0.220 e. The maximum Gasteiger partial charge on any atom is 0.220 e. The van der Waals surface area contributed by atoms with Gasteiger partial charge in [-0.25, -0.2) is 0 Å². The minimum Gasteiger partial charge on any atom is -0.467 e. The van der Waals surface area contributed by atoms with Gasteiger partial charge in [0.15, 0.2) is 0 Å². The van der Waals surface area contributed by atoms with E-state index >= 15 is 0 Å². The fourth-order valence-corrected chi connectivity index (χ4v) is 4.25. The summed E-state index contributed by atoms with van der Waals surface area (Å²) in [6.45, 7) is 4.11. The number of fused-ring (bicyclic) bond motifs is 1. The van der Waals surface area contributed by atoms with Crippen LogP contribution < -0.4 is 5.32 Å². The first-order chi connectivity index (χ1) is 12.8. The van der Waals surface area contributed by atoms with Crippen molar-refractivity contribution < 1.29 is 9.21 Å². The van der Waals surface area contributed by atoms with Crippen molar-refractivity contribution in [2.24, 2.45) is 5.92 Å². The summed E-state index contributed by atoms with van der Waals surface area (Å²) >= 11 is 1.73. The van der Waals surface area contributed by atoms with Gasteiger partial charge in [-0.2, -0.15) is 11.3 Å². The molecule has 0 aliphatic carbocycles. The highest BCUT2D eigenvalue weighted by Crippen LogP contribution is 2.22. The zero-order valence-electron chi connectivity index (χ0n) is 14.6. The van der Waals surface area contributed by atoms with Gasteiger partial charge in [0.05, 0.1) is 12.8 Å². The molecule has 0 aromatic carbocycles. The quantitative estimate of drug-likeness (QED) is 0.724. The molecule has 1 unspecified atom stereocenters. The van der Waals surface area contributed by atoms with E-state index in [4.69, 9.17) is 4.42 Å². The van der Waals surface area contributed by atoms with Crippen LogP contribution in [0.4, 0.5) is 0 Å². The lowest BCUT2D eigenvalue weighted by Gasteiger charge is -2.23. The van der Waals surface area contributed by atoms with Crippen molar-refractivity contribution >= 4 is 17.2 Å². The predicted molar refractivity (Wildman–Crippen MR) is 102 cm³/mol. The molecule has 6 heteroatoms.